The van der Waals surface area contributed by atoms with Crippen LogP contribution in [0.5, 0.6) is 0 Å². The molecule has 0 saturated heterocycles. The third-order valence-electron chi connectivity index (χ3n) is 2.83. The quantitative estimate of drug-likeness (QED) is 0.681. The molecule has 0 saturated carbocycles. The summed E-state index contributed by atoms with van der Waals surface area (Å²) in [5, 5.41) is 4.93. The standard InChI is InChI=1S/C13H11ClN4S2/c1-9-4-2-3-5-11(9)18-7-6-15-13(18)19-8-10-12(14)20-17-16-10/h2-7H,8H2,1H3. The van der Waals surface area contributed by atoms with Crippen molar-refractivity contribution >= 4 is 34.9 Å². The van der Waals surface area contributed by atoms with Gasteiger partial charge in [-0.3, -0.25) is 4.57 Å². The average Bonchev–Trinajstić information content (AvgIpc) is 3.06. The van der Waals surface area contributed by atoms with Crippen LogP contribution in [-0.4, -0.2) is 19.1 Å². The second-order valence-electron chi connectivity index (χ2n) is 4.15. The first-order valence-corrected chi connectivity index (χ1v) is 8.08. The van der Waals surface area contributed by atoms with E-state index in [2.05, 4.69) is 38.2 Å². The molecule has 7 heteroatoms. The Morgan fingerprint density at radius 2 is 2.20 bits per heavy atom. The molecule has 102 valence electrons. The Morgan fingerprint density at radius 1 is 1.35 bits per heavy atom. The number of nitrogens with zero attached hydrogens (tertiary/aromatic N) is 4. The van der Waals surface area contributed by atoms with Crippen molar-refractivity contribution in [3.63, 3.8) is 0 Å². The summed E-state index contributed by atoms with van der Waals surface area (Å²) >= 11 is 8.82. The second kappa shape index (κ2) is 5.95. The van der Waals surface area contributed by atoms with Crippen LogP contribution >= 0.6 is 34.9 Å². The van der Waals surface area contributed by atoms with Crippen molar-refractivity contribution < 1.29 is 0 Å². The zero-order chi connectivity index (χ0) is 13.9. The van der Waals surface area contributed by atoms with Crippen LogP contribution < -0.4 is 0 Å². The molecule has 0 radical (unpaired) electrons. The topological polar surface area (TPSA) is 43.6 Å². The Labute approximate surface area is 130 Å². The van der Waals surface area contributed by atoms with E-state index in [9.17, 15) is 0 Å². The summed E-state index contributed by atoms with van der Waals surface area (Å²) < 4.78 is 6.56. The number of hydrogen-bond acceptors (Lipinski definition) is 5. The smallest absolute Gasteiger partial charge is 0.172 e. The van der Waals surface area contributed by atoms with E-state index in [0.717, 1.165) is 16.5 Å². The predicted octanol–water partition coefficient (Wildman–Crippen LogP) is 3.98. The number of halogens is 1. The highest BCUT2D eigenvalue weighted by Crippen LogP contribution is 2.28. The zero-order valence-corrected chi connectivity index (χ0v) is 13.0. The SMILES string of the molecule is Cc1ccccc1-n1ccnc1SCc1nnsc1Cl. The molecule has 3 aromatic rings. The third-order valence-corrected chi connectivity index (χ3v) is 4.79. The molecule has 0 fully saturated rings. The molecule has 2 heterocycles. The first kappa shape index (κ1) is 13.6. The van der Waals surface area contributed by atoms with Gasteiger partial charge in [-0.1, -0.05) is 46.1 Å². The zero-order valence-electron chi connectivity index (χ0n) is 10.7. The summed E-state index contributed by atoms with van der Waals surface area (Å²) in [7, 11) is 0. The Kier molecular flexibility index (Phi) is 4.05. The molecule has 0 spiro atoms. The molecule has 0 atom stereocenters. The van der Waals surface area contributed by atoms with Crippen LogP contribution in [0, 0.1) is 6.92 Å². The number of thioether (sulfide) groups is 1. The molecule has 0 aliphatic rings. The highest BCUT2D eigenvalue weighted by atomic mass is 35.5. The molecule has 2 aromatic heterocycles. The van der Waals surface area contributed by atoms with Crippen molar-refractivity contribution in [2.75, 3.05) is 0 Å². The van der Waals surface area contributed by atoms with E-state index in [-0.39, 0.29) is 0 Å². The molecule has 20 heavy (non-hydrogen) atoms. The lowest BCUT2D eigenvalue weighted by molar-refractivity contribution is 0.886. The summed E-state index contributed by atoms with van der Waals surface area (Å²) in [5.41, 5.74) is 3.15. The van der Waals surface area contributed by atoms with Gasteiger partial charge in [0.2, 0.25) is 0 Å². The second-order valence-corrected chi connectivity index (χ2v) is 6.45. The lowest BCUT2D eigenvalue weighted by Gasteiger charge is -2.09. The molecule has 0 N–H and O–H groups in total. The third kappa shape index (κ3) is 2.72. The van der Waals surface area contributed by atoms with Crippen LogP contribution in [0.1, 0.15) is 11.3 Å². The summed E-state index contributed by atoms with van der Waals surface area (Å²) in [6, 6.07) is 8.23. The van der Waals surface area contributed by atoms with Gasteiger partial charge in [0.15, 0.2) is 5.16 Å². The number of imidazole rings is 1. The number of para-hydroxylation sites is 1. The Morgan fingerprint density at radius 3 is 2.95 bits per heavy atom. The van der Waals surface area contributed by atoms with Crippen molar-refractivity contribution in [1.82, 2.24) is 19.1 Å². The Balaban J connectivity index is 1.84. The van der Waals surface area contributed by atoms with Crippen molar-refractivity contribution in [1.29, 1.82) is 0 Å². The van der Waals surface area contributed by atoms with Crippen LogP contribution in [0.3, 0.4) is 0 Å². The number of hydrogen-bond donors (Lipinski definition) is 0. The maximum Gasteiger partial charge on any atom is 0.172 e. The van der Waals surface area contributed by atoms with E-state index >= 15 is 0 Å². The summed E-state index contributed by atoms with van der Waals surface area (Å²) in [6.07, 6.45) is 3.77. The lowest BCUT2D eigenvalue weighted by Crippen LogP contribution is -1.97. The fourth-order valence-electron chi connectivity index (χ4n) is 1.83. The van der Waals surface area contributed by atoms with Gasteiger partial charge in [0, 0.05) is 29.7 Å². The van der Waals surface area contributed by atoms with Gasteiger partial charge in [-0.25, -0.2) is 4.98 Å². The van der Waals surface area contributed by atoms with E-state index < -0.39 is 0 Å². The maximum absolute atomic E-state index is 6.01. The monoisotopic (exact) mass is 322 g/mol. The van der Waals surface area contributed by atoms with Gasteiger partial charge in [0.1, 0.15) is 10.0 Å². The van der Waals surface area contributed by atoms with Crippen molar-refractivity contribution in [3.8, 4) is 5.69 Å². The van der Waals surface area contributed by atoms with Gasteiger partial charge < -0.3 is 0 Å². The highest BCUT2D eigenvalue weighted by molar-refractivity contribution is 7.98. The number of aryl methyl sites for hydroxylation is 1. The van der Waals surface area contributed by atoms with Gasteiger partial charge >= 0.3 is 0 Å². The Bertz CT molecular complexity index is 722. The first-order chi connectivity index (χ1) is 9.75. The minimum Gasteiger partial charge on any atom is -0.295 e. The number of aromatic nitrogens is 4. The van der Waals surface area contributed by atoms with Gasteiger partial charge in [-0.05, 0) is 18.6 Å². The van der Waals surface area contributed by atoms with Crippen molar-refractivity contribution in [2.24, 2.45) is 0 Å². The van der Waals surface area contributed by atoms with Crippen LogP contribution in [0.4, 0.5) is 0 Å². The normalized spacial score (nSPS) is 10.9. The average molecular weight is 323 g/mol. The molecule has 1 aromatic carbocycles. The van der Waals surface area contributed by atoms with Crippen LogP contribution in [0.15, 0.2) is 41.8 Å². The van der Waals surface area contributed by atoms with Gasteiger partial charge in [0.25, 0.3) is 0 Å². The molecule has 3 rings (SSSR count). The molecule has 0 unspecified atom stereocenters. The van der Waals surface area contributed by atoms with Crippen LogP contribution in [0.25, 0.3) is 5.69 Å². The molecule has 0 aliphatic carbocycles. The first-order valence-electron chi connectivity index (χ1n) is 5.94. The van der Waals surface area contributed by atoms with Crippen LogP contribution in [-0.2, 0) is 5.75 Å². The van der Waals surface area contributed by atoms with Crippen molar-refractivity contribution in [2.45, 2.75) is 17.8 Å². The highest BCUT2D eigenvalue weighted by Gasteiger charge is 2.11. The van der Waals surface area contributed by atoms with E-state index in [4.69, 9.17) is 11.6 Å². The van der Waals surface area contributed by atoms with Gasteiger partial charge in [-0.15, -0.1) is 5.10 Å². The molecular weight excluding hydrogens is 312 g/mol. The van der Waals surface area contributed by atoms with Gasteiger partial charge in [0.05, 0.1) is 5.69 Å². The molecule has 0 bridgehead atoms. The molecule has 0 aliphatic heterocycles. The minimum absolute atomic E-state index is 0.645. The number of benzene rings is 1. The summed E-state index contributed by atoms with van der Waals surface area (Å²) in [6.45, 7) is 2.09. The van der Waals surface area contributed by atoms with E-state index in [0.29, 0.717) is 10.1 Å². The fraction of sp³-hybridized carbons (Fsp3) is 0.154. The maximum atomic E-state index is 6.01. The van der Waals surface area contributed by atoms with Crippen molar-refractivity contribution in [3.05, 3.63) is 52.3 Å². The largest absolute Gasteiger partial charge is 0.295 e. The summed E-state index contributed by atoms with van der Waals surface area (Å²) in [4.78, 5) is 4.40. The fourth-order valence-corrected chi connectivity index (χ4v) is 3.53. The predicted molar refractivity (Wildman–Crippen MR) is 82.8 cm³/mol. The molecule has 0 amide bonds. The summed E-state index contributed by atoms with van der Waals surface area (Å²) in [5.74, 6) is 0.665. The Hall–Kier alpha value is -1.37. The van der Waals surface area contributed by atoms with E-state index in [1.165, 1.54) is 17.1 Å². The van der Waals surface area contributed by atoms with E-state index in [1.54, 1.807) is 18.0 Å². The van der Waals surface area contributed by atoms with E-state index in [1.807, 2.05) is 18.3 Å². The molecule has 4 nitrogen and oxygen atoms in total. The minimum atomic E-state index is 0.645. The lowest BCUT2D eigenvalue weighted by atomic mass is 10.2. The number of rotatable bonds is 4. The van der Waals surface area contributed by atoms with Gasteiger partial charge in [-0.2, -0.15) is 0 Å². The molecular formula is C13H11ClN4S2. The van der Waals surface area contributed by atoms with Crippen LogP contribution in [0.2, 0.25) is 4.34 Å².